The molecule has 0 saturated heterocycles. The summed E-state index contributed by atoms with van der Waals surface area (Å²) in [6.07, 6.45) is -0.362. The summed E-state index contributed by atoms with van der Waals surface area (Å²) in [5.74, 6) is -2.58. The van der Waals surface area contributed by atoms with E-state index in [1.807, 2.05) is 0 Å². The lowest BCUT2D eigenvalue weighted by Gasteiger charge is -2.19. The van der Waals surface area contributed by atoms with Crippen LogP contribution in [0.25, 0.3) is 10.2 Å². The summed E-state index contributed by atoms with van der Waals surface area (Å²) in [6.45, 7) is 1.06. The van der Waals surface area contributed by atoms with Gasteiger partial charge in [-0.05, 0) is 31.5 Å². The lowest BCUT2D eigenvalue weighted by atomic mass is 10.1. The number of thiazole rings is 1. The number of anilines is 1. The number of hydrogen-bond acceptors (Lipinski definition) is 9. The average molecular weight is 437 g/mol. The molecule has 0 saturated carbocycles. The number of fused-ring (bicyclic) bond motifs is 1. The van der Waals surface area contributed by atoms with Crippen LogP contribution in [0.1, 0.15) is 19.8 Å². The Morgan fingerprint density at radius 3 is 2.80 bits per heavy atom. The molecule has 1 unspecified atom stereocenters. The molecule has 12 heteroatoms. The number of amides is 3. The van der Waals surface area contributed by atoms with Crippen LogP contribution in [0, 0.1) is 0 Å². The Kier molecular flexibility index (Phi) is 8.65. The fourth-order valence-corrected chi connectivity index (χ4v) is 3.22. The van der Waals surface area contributed by atoms with Gasteiger partial charge in [-0.3, -0.25) is 24.4 Å². The predicted octanol–water partition coefficient (Wildman–Crippen LogP) is -0.0785. The third-order valence-electron chi connectivity index (χ3n) is 3.99. The Labute approximate surface area is 176 Å². The van der Waals surface area contributed by atoms with Crippen molar-refractivity contribution in [1.29, 1.82) is 0 Å². The normalized spacial score (nSPS) is 11.6. The second kappa shape index (κ2) is 11.2. The number of nitrogens with zero attached hydrogens (tertiary/aromatic N) is 2. The molecule has 0 aliphatic carbocycles. The first kappa shape index (κ1) is 23.2. The number of nitrogens with one attached hydrogen (secondary N) is 2. The first-order chi connectivity index (χ1) is 14.3. The van der Waals surface area contributed by atoms with E-state index in [9.17, 15) is 24.4 Å². The standard InChI is InChI=1S/C18H23N5O6S/c1-2-29-17(26)9-20-18(27)13(22-15(24)8-19)5-6-16(25)23(28)11-3-4-12-14(7-11)30-10-21-12/h3-4,7,10,13,28H,2,5-6,8-9,19H2,1H3,(H,20,27)(H,22,24). The van der Waals surface area contributed by atoms with Crippen LogP contribution in [0.3, 0.4) is 0 Å². The van der Waals surface area contributed by atoms with E-state index >= 15 is 0 Å². The summed E-state index contributed by atoms with van der Waals surface area (Å²) in [5, 5.41) is 15.4. The van der Waals surface area contributed by atoms with E-state index in [0.717, 1.165) is 10.2 Å². The third kappa shape index (κ3) is 6.47. The molecule has 0 fully saturated rings. The summed E-state index contributed by atoms with van der Waals surface area (Å²) in [7, 11) is 0. The number of hydroxylamine groups is 1. The van der Waals surface area contributed by atoms with Gasteiger partial charge in [0.25, 0.3) is 5.91 Å². The van der Waals surface area contributed by atoms with Gasteiger partial charge in [0.2, 0.25) is 11.8 Å². The molecule has 0 aliphatic heterocycles. The van der Waals surface area contributed by atoms with Crippen LogP contribution < -0.4 is 21.4 Å². The van der Waals surface area contributed by atoms with Gasteiger partial charge < -0.3 is 21.1 Å². The van der Waals surface area contributed by atoms with Crippen molar-refractivity contribution >= 4 is 50.9 Å². The summed E-state index contributed by atoms with van der Waals surface area (Å²) < 4.78 is 5.52. The maximum absolute atomic E-state index is 12.4. The molecular weight excluding hydrogens is 414 g/mol. The molecule has 5 N–H and O–H groups in total. The number of esters is 1. The molecule has 0 radical (unpaired) electrons. The molecule has 2 aromatic rings. The molecule has 2 rings (SSSR count). The van der Waals surface area contributed by atoms with Gasteiger partial charge in [-0.1, -0.05) is 0 Å². The average Bonchev–Trinajstić information content (AvgIpc) is 3.21. The number of ether oxygens (including phenoxy) is 1. The third-order valence-corrected chi connectivity index (χ3v) is 4.78. The Morgan fingerprint density at radius 2 is 2.10 bits per heavy atom. The molecule has 1 aromatic carbocycles. The fourth-order valence-electron chi connectivity index (χ4n) is 2.51. The predicted molar refractivity (Wildman–Crippen MR) is 109 cm³/mol. The number of carbonyl (C=O) groups is 4. The van der Waals surface area contributed by atoms with E-state index in [0.29, 0.717) is 5.06 Å². The number of nitrogens with two attached hydrogens (primary N) is 1. The largest absolute Gasteiger partial charge is 0.465 e. The van der Waals surface area contributed by atoms with E-state index in [1.165, 1.54) is 11.3 Å². The number of rotatable bonds is 10. The van der Waals surface area contributed by atoms with Gasteiger partial charge in [0, 0.05) is 6.42 Å². The first-order valence-electron chi connectivity index (χ1n) is 9.13. The number of carbonyl (C=O) groups excluding carboxylic acids is 4. The van der Waals surface area contributed by atoms with Crippen molar-refractivity contribution in [3.8, 4) is 0 Å². The summed E-state index contributed by atoms with van der Waals surface area (Å²) in [4.78, 5) is 51.8. The van der Waals surface area contributed by atoms with E-state index < -0.39 is 29.7 Å². The molecule has 11 nitrogen and oxygen atoms in total. The molecule has 1 atom stereocenters. The van der Waals surface area contributed by atoms with Gasteiger partial charge in [0.05, 0.1) is 34.6 Å². The minimum Gasteiger partial charge on any atom is -0.465 e. The van der Waals surface area contributed by atoms with Gasteiger partial charge in [0.1, 0.15) is 12.6 Å². The zero-order valence-electron chi connectivity index (χ0n) is 16.3. The number of hydrogen-bond donors (Lipinski definition) is 4. The summed E-state index contributed by atoms with van der Waals surface area (Å²) in [5.41, 5.74) is 7.91. The Bertz CT molecular complexity index is 917. The van der Waals surface area contributed by atoms with Crippen LogP contribution in [0.15, 0.2) is 23.7 Å². The molecule has 0 bridgehead atoms. The SMILES string of the molecule is CCOC(=O)CNC(=O)C(CCC(=O)N(O)c1ccc2ncsc2c1)NC(=O)CN. The molecule has 3 amide bonds. The van der Waals surface area contributed by atoms with E-state index in [4.69, 9.17) is 10.5 Å². The monoisotopic (exact) mass is 437 g/mol. The molecule has 1 aromatic heterocycles. The highest BCUT2D eigenvalue weighted by atomic mass is 32.1. The van der Waals surface area contributed by atoms with Crippen molar-refractivity contribution in [2.24, 2.45) is 5.73 Å². The van der Waals surface area contributed by atoms with Crippen LogP contribution in [-0.2, 0) is 23.9 Å². The molecular formula is C18H23N5O6S. The number of benzene rings is 1. The second-order valence-electron chi connectivity index (χ2n) is 6.10. The Balaban J connectivity index is 1.98. The highest BCUT2D eigenvalue weighted by molar-refractivity contribution is 7.16. The lowest BCUT2D eigenvalue weighted by Crippen LogP contribution is -2.50. The maximum atomic E-state index is 12.4. The van der Waals surface area contributed by atoms with Crippen molar-refractivity contribution < 1.29 is 29.1 Å². The minimum absolute atomic E-state index is 0.112. The lowest BCUT2D eigenvalue weighted by molar-refractivity contribution is -0.143. The van der Waals surface area contributed by atoms with Crippen molar-refractivity contribution in [3.05, 3.63) is 23.7 Å². The summed E-state index contributed by atoms with van der Waals surface area (Å²) in [6, 6.07) is 3.71. The van der Waals surface area contributed by atoms with E-state index in [-0.39, 0.29) is 38.2 Å². The first-order valence-corrected chi connectivity index (χ1v) is 10.0. The summed E-state index contributed by atoms with van der Waals surface area (Å²) >= 11 is 1.36. The topological polar surface area (TPSA) is 164 Å². The molecule has 0 spiro atoms. The van der Waals surface area contributed by atoms with Gasteiger partial charge in [0.15, 0.2) is 0 Å². The van der Waals surface area contributed by atoms with Crippen molar-refractivity contribution in [3.63, 3.8) is 0 Å². The zero-order valence-corrected chi connectivity index (χ0v) is 17.1. The Hall–Kier alpha value is -3.09. The van der Waals surface area contributed by atoms with Gasteiger partial charge in [-0.15, -0.1) is 11.3 Å². The maximum Gasteiger partial charge on any atom is 0.325 e. The van der Waals surface area contributed by atoms with Gasteiger partial charge in [-0.2, -0.15) is 5.06 Å². The van der Waals surface area contributed by atoms with Crippen molar-refractivity contribution in [1.82, 2.24) is 15.6 Å². The van der Waals surface area contributed by atoms with Crippen molar-refractivity contribution in [2.75, 3.05) is 24.8 Å². The van der Waals surface area contributed by atoms with E-state index in [1.54, 1.807) is 30.6 Å². The number of aromatic nitrogens is 1. The molecule has 162 valence electrons. The smallest absolute Gasteiger partial charge is 0.325 e. The molecule has 30 heavy (non-hydrogen) atoms. The van der Waals surface area contributed by atoms with Crippen LogP contribution in [0.5, 0.6) is 0 Å². The molecule has 1 heterocycles. The second-order valence-corrected chi connectivity index (χ2v) is 6.98. The van der Waals surface area contributed by atoms with Gasteiger partial charge >= 0.3 is 5.97 Å². The van der Waals surface area contributed by atoms with Crippen LogP contribution in [-0.4, -0.2) is 59.6 Å². The van der Waals surface area contributed by atoms with Crippen LogP contribution >= 0.6 is 11.3 Å². The van der Waals surface area contributed by atoms with Crippen LogP contribution in [0.4, 0.5) is 5.69 Å². The van der Waals surface area contributed by atoms with E-state index in [2.05, 4.69) is 15.6 Å². The minimum atomic E-state index is -1.11. The van der Waals surface area contributed by atoms with Crippen LogP contribution in [0.2, 0.25) is 0 Å². The quantitative estimate of drug-likeness (QED) is 0.228. The zero-order chi connectivity index (χ0) is 22.1. The highest BCUT2D eigenvalue weighted by Gasteiger charge is 2.24. The highest BCUT2D eigenvalue weighted by Crippen LogP contribution is 2.24. The van der Waals surface area contributed by atoms with Gasteiger partial charge in [-0.25, -0.2) is 4.98 Å². The fraction of sp³-hybridized carbons (Fsp3) is 0.389. The molecule has 0 aliphatic rings. The Morgan fingerprint density at radius 1 is 1.33 bits per heavy atom. The van der Waals surface area contributed by atoms with Crippen molar-refractivity contribution in [2.45, 2.75) is 25.8 Å².